The first kappa shape index (κ1) is 16.5. The third kappa shape index (κ3) is 0.823. The van der Waals surface area contributed by atoms with Crippen LogP contribution in [0, 0.1) is 105 Å². The van der Waals surface area contributed by atoms with E-state index in [1.54, 1.807) is 0 Å². The number of rotatable bonds is 0. The van der Waals surface area contributed by atoms with Gasteiger partial charge in [-0.1, -0.05) is 12.2 Å². The third-order valence-electron chi connectivity index (χ3n) is 16.5. The van der Waals surface area contributed by atoms with Crippen LogP contribution in [0.15, 0.2) is 12.2 Å². The minimum absolute atomic E-state index is 0.0230. The molecule has 12 saturated carbocycles. The summed E-state index contributed by atoms with van der Waals surface area (Å²) in [4.78, 5) is 26.9. The molecule has 15 fully saturated rings. The van der Waals surface area contributed by atoms with Crippen LogP contribution in [0.25, 0.3) is 0 Å². The molecule has 0 amide bonds. The molecule has 14 aliphatic carbocycles. The van der Waals surface area contributed by atoms with E-state index in [2.05, 4.69) is 12.2 Å². The van der Waals surface area contributed by atoms with E-state index in [1.807, 2.05) is 0 Å². The Morgan fingerprint density at radius 2 is 0.971 bits per heavy atom. The summed E-state index contributed by atoms with van der Waals surface area (Å²) in [5, 5.41) is 0. The number of allylic oxidation sites excluding steroid dienone is 2. The summed E-state index contributed by atoms with van der Waals surface area (Å²) in [5.41, 5.74) is 0.307. The lowest BCUT2D eigenvalue weighted by molar-refractivity contribution is -0.362. The zero-order valence-corrected chi connectivity index (χ0v) is 18.9. The molecule has 3 heterocycles. The first-order valence-electron chi connectivity index (χ1n) is 14.2. The Bertz CT molecular complexity index is 1290. The van der Waals surface area contributed by atoms with Gasteiger partial charge in [0.25, 0.3) is 0 Å². The van der Waals surface area contributed by atoms with Gasteiger partial charge in [0.15, 0.2) is 11.6 Å². The van der Waals surface area contributed by atoms with Crippen molar-refractivity contribution in [1.29, 1.82) is 0 Å². The highest BCUT2D eigenvalue weighted by Gasteiger charge is 3.24. The molecule has 178 valence electrons. The summed E-state index contributed by atoms with van der Waals surface area (Å²) < 4.78 is 32.9. The second kappa shape index (κ2) is 3.75. The molecule has 2 unspecified atom stereocenters. The number of hydrogen-bond acceptors (Lipinski definition) is 7. The van der Waals surface area contributed by atoms with Crippen LogP contribution in [0.5, 0.6) is 0 Å². The molecule has 12 bridgehead atoms. The molecule has 7 heteroatoms. The molecule has 35 heavy (non-hydrogen) atoms. The average Bonchev–Trinajstić information content (AvgIpc) is 3.67. The molecule has 0 radical (unpaired) electrons. The van der Waals surface area contributed by atoms with Crippen LogP contribution in [0.4, 0.5) is 0 Å². The van der Waals surface area contributed by atoms with Gasteiger partial charge < -0.3 is 23.7 Å². The molecular weight excluding hydrogens is 448 g/mol. The monoisotopic (exact) mass is 472 g/mol. The highest BCUT2D eigenvalue weighted by Crippen LogP contribution is 3.22. The van der Waals surface area contributed by atoms with Gasteiger partial charge in [-0.2, -0.15) is 0 Å². The number of ether oxygens (including phenoxy) is 5. The highest BCUT2D eigenvalue weighted by atomic mass is 16.8. The summed E-state index contributed by atoms with van der Waals surface area (Å²) in [6.07, 6.45) is 5.17. The second-order valence-corrected chi connectivity index (χ2v) is 14.8. The molecule has 18 atom stereocenters. The quantitative estimate of drug-likeness (QED) is 0.294. The molecule has 0 aromatic carbocycles. The molecule has 7 nitrogen and oxygen atoms in total. The smallest absolute Gasteiger partial charge is 0.317 e. The fourth-order valence-electron chi connectivity index (χ4n) is 19.0. The van der Waals surface area contributed by atoms with Crippen molar-refractivity contribution in [2.45, 2.75) is 11.6 Å². The van der Waals surface area contributed by atoms with Crippen LogP contribution in [-0.2, 0) is 33.3 Å². The molecule has 17 rings (SSSR count). The summed E-state index contributed by atoms with van der Waals surface area (Å²) >= 11 is 0. The number of carbonyl (C=O) groups excluding carboxylic acids is 2. The van der Waals surface area contributed by atoms with Gasteiger partial charge in [0, 0.05) is 23.7 Å². The second-order valence-electron chi connectivity index (χ2n) is 14.8. The molecule has 3 saturated heterocycles. The predicted molar refractivity (Wildman–Crippen MR) is 108 cm³/mol. The normalized spacial score (nSPS) is 79.7. The fourth-order valence-corrected chi connectivity index (χ4v) is 19.0. The largest absolute Gasteiger partial charge is 0.393 e. The Morgan fingerprint density at radius 3 is 1.40 bits per heavy atom. The van der Waals surface area contributed by atoms with E-state index in [4.69, 9.17) is 23.7 Å². The lowest BCUT2D eigenvalue weighted by Crippen LogP contribution is -2.81. The molecule has 0 aromatic rings. The van der Waals surface area contributed by atoms with E-state index in [1.165, 1.54) is 0 Å². The Hall–Kier alpha value is -1.28. The van der Waals surface area contributed by atoms with Gasteiger partial charge in [-0.05, 0) is 69.0 Å². The van der Waals surface area contributed by atoms with Gasteiger partial charge in [0.1, 0.15) is 0 Å². The van der Waals surface area contributed by atoms with E-state index >= 15 is 0 Å². The van der Waals surface area contributed by atoms with Crippen molar-refractivity contribution in [2.75, 3.05) is 26.4 Å². The van der Waals surface area contributed by atoms with Gasteiger partial charge in [-0.15, -0.1) is 0 Å². The van der Waals surface area contributed by atoms with Crippen molar-refractivity contribution < 1.29 is 33.3 Å². The summed E-state index contributed by atoms with van der Waals surface area (Å²) in [6.45, 7) is 2.73. The first-order chi connectivity index (χ1) is 17.2. The minimum Gasteiger partial charge on any atom is -0.393 e. The maximum atomic E-state index is 13.5. The van der Waals surface area contributed by atoms with E-state index < -0.39 is 11.6 Å². The van der Waals surface area contributed by atoms with E-state index in [9.17, 15) is 9.59 Å². The Kier molecular flexibility index (Phi) is 1.77. The number of hydrogen-bond donors (Lipinski definition) is 0. The van der Waals surface area contributed by atoms with Crippen molar-refractivity contribution >= 4 is 11.9 Å². The van der Waals surface area contributed by atoms with Gasteiger partial charge in [-0.3, -0.25) is 9.59 Å². The number of carbonyl (C=O) groups is 2. The number of esters is 2. The fraction of sp³-hybridized carbons (Fsp3) is 0.857. The lowest BCUT2D eigenvalue weighted by atomic mass is 9.20. The molecular formula is C28H24O7. The molecule has 0 N–H and O–H groups in total. The van der Waals surface area contributed by atoms with Crippen LogP contribution in [0.3, 0.4) is 0 Å². The molecule has 3 aliphatic heterocycles. The Morgan fingerprint density at radius 1 is 0.571 bits per heavy atom. The van der Waals surface area contributed by atoms with Crippen LogP contribution < -0.4 is 0 Å². The van der Waals surface area contributed by atoms with Crippen molar-refractivity contribution in [3.63, 3.8) is 0 Å². The maximum absolute atomic E-state index is 13.5. The van der Waals surface area contributed by atoms with Crippen LogP contribution in [-0.4, -0.2) is 49.9 Å². The standard InChI is InChI=1S/C28H24O7/c29-21-11-12(22(30)35-21)16-10-8-2-1-7-9(10)15(11)25-19-14-13-17(27(19)31-3-4-32-27)23(7,25)24(8)18(13)28(33-5-6-34-28)20(14)26(16,24)25/h1-2,7-20H,3-6H2/t7-,8+,9-,10+,11-,12+,13?,14?,15-,16+,17-,18+,19+,20-,23-,24-,25-,26+/m1/s1. The van der Waals surface area contributed by atoms with Crippen LogP contribution >= 0.6 is 0 Å². The van der Waals surface area contributed by atoms with Crippen molar-refractivity contribution in [3.8, 4) is 0 Å². The first-order valence-corrected chi connectivity index (χ1v) is 14.2. The SMILES string of the molecule is O=C1OC(=O)[C@H]2[C@@H]1[C@H]1[C@H]3[C@H]4[C@@H]2[C@]25[C@H]6C7C8[C@H](C69OCCO9)[C@@]26[C@H]4C=C[C@H]3[C@@]62[C@@H]8C3(OCCO3)[C@@H]7[C@@]152. The van der Waals surface area contributed by atoms with E-state index in [-0.39, 0.29) is 57.3 Å². The minimum atomic E-state index is -0.489. The van der Waals surface area contributed by atoms with Gasteiger partial charge in [-0.25, -0.2) is 0 Å². The van der Waals surface area contributed by atoms with E-state index in [0.717, 1.165) is 0 Å². The van der Waals surface area contributed by atoms with Crippen molar-refractivity contribution in [2.24, 2.45) is 105 Å². The zero-order chi connectivity index (χ0) is 22.0. The van der Waals surface area contributed by atoms with Crippen LogP contribution in [0.2, 0.25) is 0 Å². The van der Waals surface area contributed by atoms with Gasteiger partial charge in [0.2, 0.25) is 0 Å². The van der Waals surface area contributed by atoms with Gasteiger partial charge in [0.05, 0.1) is 38.3 Å². The van der Waals surface area contributed by atoms with Crippen molar-refractivity contribution in [3.05, 3.63) is 12.2 Å². The topological polar surface area (TPSA) is 80.3 Å². The summed E-state index contributed by atoms with van der Waals surface area (Å²) in [6, 6.07) is 0. The summed E-state index contributed by atoms with van der Waals surface area (Å²) in [7, 11) is 0. The van der Waals surface area contributed by atoms with Crippen LogP contribution in [0.1, 0.15) is 0 Å². The Balaban J connectivity index is 1.23. The Labute approximate surface area is 200 Å². The maximum Gasteiger partial charge on any atom is 0.317 e. The average molecular weight is 472 g/mol. The third-order valence-corrected chi connectivity index (χ3v) is 16.5. The summed E-state index contributed by atoms with van der Waals surface area (Å²) in [5.74, 6) is 3.00. The highest BCUT2D eigenvalue weighted by molar-refractivity contribution is 5.98. The molecule has 0 aromatic heterocycles. The zero-order valence-electron chi connectivity index (χ0n) is 18.9. The van der Waals surface area contributed by atoms with Gasteiger partial charge >= 0.3 is 11.9 Å². The van der Waals surface area contributed by atoms with Crippen molar-refractivity contribution in [1.82, 2.24) is 0 Å². The number of cyclic esters (lactones) is 2. The lowest BCUT2D eigenvalue weighted by Gasteiger charge is -2.81. The molecule has 6 spiro atoms. The molecule has 17 aliphatic rings. The van der Waals surface area contributed by atoms with E-state index in [0.29, 0.717) is 85.6 Å². The predicted octanol–water partition coefficient (Wildman–Crippen LogP) is 0.834.